The van der Waals surface area contributed by atoms with Crippen molar-refractivity contribution in [2.45, 2.75) is 18.2 Å². The summed E-state index contributed by atoms with van der Waals surface area (Å²) >= 11 is 3.10. The van der Waals surface area contributed by atoms with Gasteiger partial charge in [-0.25, -0.2) is 12.8 Å². The molecule has 18 heavy (non-hydrogen) atoms. The summed E-state index contributed by atoms with van der Waals surface area (Å²) in [4.78, 5) is -0.585. The number of hydrogen-bond acceptors (Lipinski definition) is 3. The van der Waals surface area contributed by atoms with E-state index in [9.17, 15) is 12.8 Å². The fourth-order valence-corrected chi connectivity index (χ4v) is 2.60. The summed E-state index contributed by atoms with van der Waals surface area (Å²) in [6, 6.07) is 2.05. The molecule has 3 nitrogen and oxygen atoms in total. The average Bonchev–Trinajstić information content (AvgIpc) is 2.27. The summed E-state index contributed by atoms with van der Waals surface area (Å²) in [6.07, 6.45) is 0.744. The van der Waals surface area contributed by atoms with Crippen molar-refractivity contribution in [3.8, 4) is 5.75 Å². The van der Waals surface area contributed by atoms with Gasteiger partial charge in [-0.3, -0.25) is 0 Å². The molecule has 0 heterocycles. The Morgan fingerprint density at radius 3 is 2.67 bits per heavy atom. The van der Waals surface area contributed by atoms with Gasteiger partial charge in [0.2, 0.25) is 0 Å². The van der Waals surface area contributed by atoms with Gasteiger partial charge >= 0.3 is 0 Å². The molecule has 0 saturated heterocycles. The fraction of sp³-hybridized carbons (Fsp3) is 0.273. The largest absolute Gasteiger partial charge is 0.488 e. The molecule has 1 aromatic carbocycles. The van der Waals surface area contributed by atoms with E-state index in [4.69, 9.17) is 15.4 Å². The zero-order chi connectivity index (χ0) is 13.9. The normalized spacial score (nSPS) is 11.3. The van der Waals surface area contributed by atoms with Gasteiger partial charge < -0.3 is 4.74 Å². The molecule has 1 rings (SSSR count). The van der Waals surface area contributed by atoms with Crippen molar-refractivity contribution in [2.24, 2.45) is 0 Å². The summed E-state index contributed by atoms with van der Waals surface area (Å²) < 4.78 is 41.3. The molecule has 0 N–H and O–H groups in total. The second kappa shape index (κ2) is 6.04. The van der Waals surface area contributed by atoms with Crippen molar-refractivity contribution >= 4 is 35.7 Å². The standard InChI is InChI=1S/C11H11BrClFO3S/c1-3-7(2)6-17-10-5-9(14)11(4-8(10)12)18(13,15)16/h4-5H,2-3,6H2,1H3. The Morgan fingerprint density at radius 2 is 2.17 bits per heavy atom. The lowest BCUT2D eigenvalue weighted by atomic mass is 10.2. The van der Waals surface area contributed by atoms with Crippen LogP contribution in [-0.2, 0) is 9.05 Å². The molecule has 0 amide bonds. The summed E-state index contributed by atoms with van der Waals surface area (Å²) in [7, 11) is 0.980. The second-order valence-electron chi connectivity index (χ2n) is 3.54. The highest BCUT2D eigenvalue weighted by Crippen LogP contribution is 2.31. The Kier molecular flexibility index (Phi) is 5.19. The van der Waals surface area contributed by atoms with Crippen LogP contribution >= 0.6 is 26.6 Å². The van der Waals surface area contributed by atoms with Crippen LogP contribution in [0.1, 0.15) is 13.3 Å². The zero-order valence-electron chi connectivity index (χ0n) is 9.54. The minimum Gasteiger partial charge on any atom is -0.488 e. The quantitative estimate of drug-likeness (QED) is 0.593. The van der Waals surface area contributed by atoms with Crippen molar-refractivity contribution < 1.29 is 17.5 Å². The lowest BCUT2D eigenvalue weighted by Crippen LogP contribution is -2.02. The highest BCUT2D eigenvalue weighted by molar-refractivity contribution is 9.10. The maximum absolute atomic E-state index is 13.5. The highest BCUT2D eigenvalue weighted by Gasteiger charge is 2.19. The molecule has 0 aliphatic carbocycles. The second-order valence-corrected chi connectivity index (χ2v) is 6.93. The molecule has 0 fully saturated rings. The topological polar surface area (TPSA) is 43.4 Å². The van der Waals surface area contributed by atoms with E-state index in [1.54, 1.807) is 0 Å². The third-order valence-electron chi connectivity index (χ3n) is 2.18. The fourth-order valence-electron chi connectivity index (χ4n) is 1.09. The molecular formula is C11H11BrClFO3S. The Hall–Kier alpha value is -0.590. The summed E-state index contributed by atoms with van der Waals surface area (Å²) in [5, 5.41) is 0. The Bertz CT molecular complexity index is 572. The summed E-state index contributed by atoms with van der Waals surface area (Å²) in [5.74, 6) is -0.753. The first kappa shape index (κ1) is 15.5. The first-order valence-corrected chi connectivity index (χ1v) is 8.09. The minimum atomic E-state index is -4.11. The van der Waals surface area contributed by atoms with E-state index in [2.05, 4.69) is 22.5 Å². The van der Waals surface area contributed by atoms with E-state index in [-0.39, 0.29) is 12.4 Å². The average molecular weight is 358 g/mol. The lowest BCUT2D eigenvalue weighted by molar-refractivity contribution is 0.344. The van der Waals surface area contributed by atoms with E-state index in [1.165, 1.54) is 0 Å². The number of benzene rings is 1. The molecule has 0 atom stereocenters. The van der Waals surface area contributed by atoms with Gasteiger partial charge in [0, 0.05) is 16.7 Å². The van der Waals surface area contributed by atoms with Gasteiger partial charge in [-0.05, 0) is 34.0 Å². The molecule has 0 spiro atoms. The minimum absolute atomic E-state index is 0.200. The first-order chi connectivity index (χ1) is 8.25. The van der Waals surface area contributed by atoms with Crippen LogP contribution in [0, 0.1) is 5.82 Å². The summed E-state index contributed by atoms with van der Waals surface area (Å²) in [6.45, 7) is 5.90. The van der Waals surface area contributed by atoms with Crippen LogP contribution in [0.5, 0.6) is 5.75 Å². The smallest absolute Gasteiger partial charge is 0.264 e. The Morgan fingerprint density at radius 1 is 1.56 bits per heavy atom. The molecule has 0 saturated carbocycles. The third-order valence-corrected chi connectivity index (χ3v) is 4.14. The molecule has 0 aliphatic rings. The van der Waals surface area contributed by atoms with E-state index >= 15 is 0 Å². The van der Waals surface area contributed by atoms with Crippen LogP contribution in [0.25, 0.3) is 0 Å². The molecule has 0 aromatic heterocycles. The maximum atomic E-state index is 13.5. The van der Waals surface area contributed by atoms with Crippen LogP contribution in [0.3, 0.4) is 0 Å². The monoisotopic (exact) mass is 356 g/mol. The van der Waals surface area contributed by atoms with Gasteiger partial charge in [0.25, 0.3) is 9.05 Å². The SMILES string of the molecule is C=C(CC)COc1cc(F)c(S(=O)(=O)Cl)cc1Br. The van der Waals surface area contributed by atoms with Crippen LogP contribution in [0.2, 0.25) is 0 Å². The van der Waals surface area contributed by atoms with Crippen molar-refractivity contribution in [2.75, 3.05) is 6.61 Å². The van der Waals surface area contributed by atoms with Crippen LogP contribution in [0.4, 0.5) is 4.39 Å². The van der Waals surface area contributed by atoms with Gasteiger partial charge in [-0.2, -0.15) is 0 Å². The molecule has 0 radical (unpaired) electrons. The molecule has 0 unspecified atom stereocenters. The highest BCUT2D eigenvalue weighted by atomic mass is 79.9. The van der Waals surface area contributed by atoms with Crippen LogP contribution in [0.15, 0.2) is 33.7 Å². The number of rotatable bonds is 5. The number of halogens is 3. The Balaban J connectivity index is 3.05. The maximum Gasteiger partial charge on any atom is 0.264 e. The van der Waals surface area contributed by atoms with Gasteiger partial charge in [-0.1, -0.05) is 13.5 Å². The molecule has 100 valence electrons. The lowest BCUT2D eigenvalue weighted by Gasteiger charge is -2.10. The van der Waals surface area contributed by atoms with Gasteiger partial charge in [0.15, 0.2) is 0 Å². The van der Waals surface area contributed by atoms with Gasteiger partial charge in [-0.15, -0.1) is 0 Å². The Labute approximate surface area is 118 Å². The molecular weight excluding hydrogens is 347 g/mol. The van der Waals surface area contributed by atoms with Crippen LogP contribution < -0.4 is 4.74 Å². The van der Waals surface area contributed by atoms with Crippen molar-refractivity contribution in [1.29, 1.82) is 0 Å². The van der Waals surface area contributed by atoms with Crippen LogP contribution in [-0.4, -0.2) is 15.0 Å². The van der Waals surface area contributed by atoms with E-state index < -0.39 is 19.8 Å². The summed E-state index contributed by atoms with van der Waals surface area (Å²) in [5.41, 5.74) is 0.844. The van der Waals surface area contributed by atoms with E-state index in [0.29, 0.717) is 4.47 Å². The molecule has 0 aliphatic heterocycles. The van der Waals surface area contributed by atoms with Crippen molar-refractivity contribution in [1.82, 2.24) is 0 Å². The first-order valence-electron chi connectivity index (χ1n) is 4.98. The predicted octanol–water partition coefficient (Wildman–Crippen LogP) is 3.86. The van der Waals surface area contributed by atoms with Crippen molar-refractivity contribution in [3.63, 3.8) is 0 Å². The number of hydrogen-bond donors (Lipinski definition) is 0. The van der Waals surface area contributed by atoms with E-state index in [0.717, 1.165) is 24.1 Å². The van der Waals surface area contributed by atoms with Gasteiger partial charge in [0.1, 0.15) is 23.1 Å². The zero-order valence-corrected chi connectivity index (χ0v) is 12.7. The van der Waals surface area contributed by atoms with Crippen molar-refractivity contribution in [3.05, 3.63) is 34.6 Å². The van der Waals surface area contributed by atoms with E-state index in [1.807, 2.05) is 6.92 Å². The number of ether oxygens (including phenoxy) is 1. The predicted molar refractivity (Wildman–Crippen MR) is 72.1 cm³/mol. The molecule has 1 aromatic rings. The third kappa shape index (κ3) is 3.96. The molecule has 0 bridgehead atoms. The van der Waals surface area contributed by atoms with Gasteiger partial charge in [0.05, 0.1) is 4.47 Å². The molecule has 7 heteroatoms.